The zero-order chi connectivity index (χ0) is 15.4. The van der Waals surface area contributed by atoms with Crippen LogP contribution in [0.1, 0.15) is 13.3 Å². The van der Waals surface area contributed by atoms with E-state index in [9.17, 15) is 4.79 Å². The van der Waals surface area contributed by atoms with Crippen LogP contribution in [0.15, 0.2) is 30.5 Å². The lowest BCUT2D eigenvalue weighted by Crippen LogP contribution is -2.43. The lowest BCUT2D eigenvalue weighted by Gasteiger charge is -2.29. The molecule has 1 aliphatic heterocycles. The highest BCUT2D eigenvalue weighted by molar-refractivity contribution is 6.03. The number of morpholine rings is 1. The molecule has 1 aromatic carbocycles. The molecule has 0 saturated carbocycles. The van der Waals surface area contributed by atoms with Crippen LogP contribution in [0.5, 0.6) is 0 Å². The van der Waals surface area contributed by atoms with Gasteiger partial charge in [-0.3, -0.25) is 9.69 Å². The fourth-order valence-electron chi connectivity index (χ4n) is 2.92. The number of benzene rings is 1. The Labute approximate surface area is 130 Å². The molecule has 0 unspecified atom stereocenters. The number of aromatic nitrogens is 1. The van der Waals surface area contributed by atoms with Crippen molar-refractivity contribution in [2.24, 2.45) is 0 Å². The first-order valence-corrected chi connectivity index (χ1v) is 7.96. The maximum Gasteiger partial charge on any atom is 0.226 e. The number of hydrogen-bond donors (Lipinski definition) is 1. The monoisotopic (exact) mass is 301 g/mol. The second-order valence-electron chi connectivity index (χ2n) is 5.57. The van der Waals surface area contributed by atoms with Gasteiger partial charge >= 0.3 is 0 Å². The van der Waals surface area contributed by atoms with Gasteiger partial charge in [0.05, 0.1) is 18.9 Å². The molecule has 22 heavy (non-hydrogen) atoms. The number of para-hydroxylation sites is 1. The Morgan fingerprint density at radius 1 is 1.32 bits per heavy atom. The number of rotatable bonds is 5. The summed E-state index contributed by atoms with van der Waals surface area (Å²) in [5, 5.41) is 1.10. The average molecular weight is 301 g/mol. The Morgan fingerprint density at radius 2 is 2.09 bits per heavy atom. The zero-order valence-corrected chi connectivity index (χ0v) is 13.0. The predicted octanol–water partition coefficient (Wildman–Crippen LogP) is 2.24. The highest BCUT2D eigenvalue weighted by Gasteiger charge is 2.19. The first kappa shape index (κ1) is 15.1. The molecule has 3 rings (SSSR count). The summed E-state index contributed by atoms with van der Waals surface area (Å²) in [7, 11) is 0. The number of nitrogens with one attached hydrogen (secondary N) is 1. The minimum atomic E-state index is 0.165. The Hall–Kier alpha value is -1.85. The highest BCUT2D eigenvalue weighted by atomic mass is 16.5. The number of aromatic amines is 1. The minimum Gasteiger partial charge on any atom is -0.379 e. The molecule has 5 nitrogen and oxygen atoms in total. The van der Waals surface area contributed by atoms with Gasteiger partial charge in [0.1, 0.15) is 0 Å². The summed E-state index contributed by atoms with van der Waals surface area (Å²) in [4.78, 5) is 19.9. The van der Waals surface area contributed by atoms with Crippen molar-refractivity contribution >= 4 is 22.5 Å². The Bertz CT molecular complexity index is 632. The molecule has 5 heteroatoms. The molecule has 1 N–H and O–H groups in total. The van der Waals surface area contributed by atoms with Crippen molar-refractivity contribution in [3.63, 3.8) is 0 Å². The number of carbonyl (C=O) groups is 1. The van der Waals surface area contributed by atoms with Crippen molar-refractivity contribution < 1.29 is 9.53 Å². The lowest BCUT2D eigenvalue weighted by atomic mass is 10.2. The van der Waals surface area contributed by atoms with Gasteiger partial charge in [0.25, 0.3) is 0 Å². The SMILES string of the molecule is CCC(=O)N(CCN1CCOCC1)c1c[nH]c2ccccc12. The molecule has 0 radical (unpaired) electrons. The van der Waals surface area contributed by atoms with Crippen LogP contribution in [0.3, 0.4) is 0 Å². The van der Waals surface area contributed by atoms with Crippen molar-refractivity contribution in [2.45, 2.75) is 13.3 Å². The number of H-pyrrole nitrogens is 1. The topological polar surface area (TPSA) is 48.6 Å². The molecule has 118 valence electrons. The van der Waals surface area contributed by atoms with Gasteiger partial charge in [-0.15, -0.1) is 0 Å². The van der Waals surface area contributed by atoms with E-state index < -0.39 is 0 Å². The van der Waals surface area contributed by atoms with Crippen molar-refractivity contribution in [1.29, 1.82) is 0 Å². The Balaban J connectivity index is 1.78. The molecule has 0 aliphatic carbocycles. The molecule has 0 atom stereocenters. The largest absolute Gasteiger partial charge is 0.379 e. The van der Waals surface area contributed by atoms with E-state index in [0.29, 0.717) is 13.0 Å². The van der Waals surface area contributed by atoms with E-state index >= 15 is 0 Å². The number of amides is 1. The van der Waals surface area contributed by atoms with E-state index in [1.807, 2.05) is 36.2 Å². The van der Waals surface area contributed by atoms with Crippen LogP contribution in [0.4, 0.5) is 5.69 Å². The van der Waals surface area contributed by atoms with Gasteiger partial charge in [-0.05, 0) is 6.07 Å². The number of ether oxygens (including phenoxy) is 1. The second kappa shape index (κ2) is 6.94. The van der Waals surface area contributed by atoms with Gasteiger partial charge in [0, 0.05) is 49.7 Å². The summed E-state index contributed by atoms with van der Waals surface area (Å²) in [6.07, 6.45) is 2.46. The summed E-state index contributed by atoms with van der Waals surface area (Å²) in [6, 6.07) is 8.11. The molecule has 1 fully saturated rings. The number of carbonyl (C=O) groups excluding carboxylic acids is 1. The molecular weight excluding hydrogens is 278 g/mol. The van der Waals surface area contributed by atoms with Crippen LogP contribution >= 0.6 is 0 Å². The van der Waals surface area contributed by atoms with Crippen LogP contribution in [0, 0.1) is 0 Å². The van der Waals surface area contributed by atoms with Gasteiger partial charge in [0.2, 0.25) is 5.91 Å². The smallest absolute Gasteiger partial charge is 0.226 e. The van der Waals surface area contributed by atoms with Crippen molar-refractivity contribution in [1.82, 2.24) is 9.88 Å². The van der Waals surface area contributed by atoms with Gasteiger partial charge in [-0.2, -0.15) is 0 Å². The fraction of sp³-hybridized carbons (Fsp3) is 0.471. The van der Waals surface area contributed by atoms with Crippen molar-refractivity contribution in [3.05, 3.63) is 30.5 Å². The summed E-state index contributed by atoms with van der Waals surface area (Å²) in [5.41, 5.74) is 2.05. The first-order valence-electron chi connectivity index (χ1n) is 7.96. The van der Waals surface area contributed by atoms with Gasteiger partial charge in [-0.25, -0.2) is 0 Å². The summed E-state index contributed by atoms with van der Waals surface area (Å²) >= 11 is 0. The minimum absolute atomic E-state index is 0.165. The average Bonchev–Trinajstić information content (AvgIpc) is 3.00. The molecule has 1 aliphatic rings. The van der Waals surface area contributed by atoms with Crippen LogP contribution in [0.2, 0.25) is 0 Å². The second-order valence-corrected chi connectivity index (χ2v) is 5.57. The highest BCUT2D eigenvalue weighted by Crippen LogP contribution is 2.27. The zero-order valence-electron chi connectivity index (χ0n) is 13.0. The molecule has 0 bridgehead atoms. The van der Waals surface area contributed by atoms with Crippen molar-refractivity contribution in [3.8, 4) is 0 Å². The number of fused-ring (bicyclic) bond motifs is 1. The number of hydrogen-bond acceptors (Lipinski definition) is 3. The van der Waals surface area contributed by atoms with Gasteiger partial charge in [-0.1, -0.05) is 25.1 Å². The van der Waals surface area contributed by atoms with Crippen molar-refractivity contribution in [2.75, 3.05) is 44.3 Å². The van der Waals surface area contributed by atoms with Crippen LogP contribution in [-0.2, 0) is 9.53 Å². The summed E-state index contributed by atoms with van der Waals surface area (Å²) in [6.45, 7) is 6.98. The maximum atomic E-state index is 12.4. The quantitative estimate of drug-likeness (QED) is 0.921. The summed E-state index contributed by atoms with van der Waals surface area (Å²) < 4.78 is 5.38. The van der Waals surface area contributed by atoms with E-state index in [4.69, 9.17) is 4.74 Å². The fourth-order valence-corrected chi connectivity index (χ4v) is 2.92. The summed E-state index contributed by atoms with van der Waals surface area (Å²) in [5.74, 6) is 0.165. The van der Waals surface area contributed by atoms with Gasteiger partial charge in [0.15, 0.2) is 0 Å². The normalized spacial score (nSPS) is 16.0. The molecular formula is C17H23N3O2. The van der Waals surface area contributed by atoms with E-state index in [2.05, 4.69) is 16.0 Å². The van der Waals surface area contributed by atoms with Gasteiger partial charge < -0.3 is 14.6 Å². The molecule has 2 aromatic rings. The van der Waals surface area contributed by atoms with E-state index in [0.717, 1.165) is 49.4 Å². The number of anilines is 1. The van der Waals surface area contributed by atoms with Crippen LogP contribution < -0.4 is 4.90 Å². The molecule has 2 heterocycles. The Kier molecular flexibility index (Phi) is 4.75. The standard InChI is InChI=1S/C17H23N3O2/c1-2-17(21)20(8-7-19-9-11-22-12-10-19)16-13-18-15-6-4-3-5-14(15)16/h3-6,13,18H,2,7-12H2,1H3. The van der Waals surface area contributed by atoms with E-state index in [1.54, 1.807) is 0 Å². The molecule has 1 saturated heterocycles. The maximum absolute atomic E-state index is 12.4. The first-order chi connectivity index (χ1) is 10.8. The molecule has 0 spiro atoms. The van der Waals surface area contributed by atoms with E-state index in [1.165, 1.54) is 0 Å². The third-order valence-corrected chi connectivity index (χ3v) is 4.21. The molecule has 1 aromatic heterocycles. The van der Waals surface area contributed by atoms with Crippen LogP contribution in [-0.4, -0.2) is 55.2 Å². The Morgan fingerprint density at radius 3 is 2.86 bits per heavy atom. The third kappa shape index (κ3) is 3.15. The predicted molar refractivity (Wildman–Crippen MR) is 88.2 cm³/mol. The number of nitrogens with zero attached hydrogens (tertiary/aromatic N) is 2. The van der Waals surface area contributed by atoms with Crippen LogP contribution in [0.25, 0.3) is 10.9 Å². The lowest BCUT2D eigenvalue weighted by molar-refractivity contribution is -0.118. The third-order valence-electron chi connectivity index (χ3n) is 4.21. The van der Waals surface area contributed by atoms with E-state index in [-0.39, 0.29) is 5.91 Å². The molecule has 1 amide bonds.